The van der Waals surface area contributed by atoms with Gasteiger partial charge in [0.15, 0.2) is 0 Å². The van der Waals surface area contributed by atoms with Gasteiger partial charge in [0.05, 0.1) is 0 Å². The number of amides is 1. The van der Waals surface area contributed by atoms with Crippen LogP contribution >= 0.6 is 0 Å². The number of benzene rings is 1. The molecule has 2 heterocycles. The first-order chi connectivity index (χ1) is 8.16. The van der Waals surface area contributed by atoms with Gasteiger partial charge in [0.1, 0.15) is 0 Å². The Morgan fingerprint density at radius 2 is 2.41 bits per heavy atom. The van der Waals surface area contributed by atoms with Crippen molar-refractivity contribution in [2.75, 3.05) is 11.5 Å². The van der Waals surface area contributed by atoms with Gasteiger partial charge in [-0.3, -0.25) is 0 Å². The summed E-state index contributed by atoms with van der Waals surface area (Å²) in [7, 11) is 0. The van der Waals surface area contributed by atoms with Crippen LogP contribution in [0.4, 0.5) is 5.69 Å². The first-order valence-corrected chi connectivity index (χ1v) is 6.56. The molecule has 1 aromatic rings. The Kier molecular flexibility index (Phi) is 2.37. The van der Waals surface area contributed by atoms with Crippen LogP contribution in [0.1, 0.15) is 6.92 Å². The summed E-state index contributed by atoms with van der Waals surface area (Å²) in [5, 5.41) is 4.03. The Morgan fingerprint density at radius 3 is 3.24 bits per heavy atom. The molecule has 2 aliphatic rings. The number of carbonyl (C=O) groups is 1. The van der Waals surface area contributed by atoms with Crippen molar-refractivity contribution in [3.63, 3.8) is 0 Å². The molecule has 1 N–H and O–H groups in total. The van der Waals surface area contributed by atoms with Crippen LogP contribution in [-0.2, 0) is 4.79 Å². The number of amidine groups is 1. The molecule has 0 spiro atoms. The van der Waals surface area contributed by atoms with Crippen LogP contribution in [0.3, 0.4) is 0 Å². The third-order valence-electron chi connectivity index (χ3n) is 2.94. The van der Waals surface area contributed by atoms with Crippen LogP contribution in [0.25, 0.3) is 0 Å². The van der Waals surface area contributed by atoms with Crippen molar-refractivity contribution >= 4 is 38.6 Å². The second-order valence-electron chi connectivity index (χ2n) is 4.07. The van der Waals surface area contributed by atoms with Crippen molar-refractivity contribution in [3.05, 3.63) is 18.2 Å². The number of hydrogen-bond donors (Lipinski definition) is 1. The van der Waals surface area contributed by atoms with E-state index in [0.29, 0.717) is 6.61 Å². The van der Waals surface area contributed by atoms with E-state index in [1.54, 1.807) is 16.9 Å². The molecule has 6 heteroatoms. The van der Waals surface area contributed by atoms with Gasteiger partial charge in [0, 0.05) is 0 Å². The molecule has 0 radical (unpaired) electrons. The molecule has 0 bridgehead atoms. The van der Waals surface area contributed by atoms with Gasteiger partial charge in [0.25, 0.3) is 0 Å². The summed E-state index contributed by atoms with van der Waals surface area (Å²) in [6.45, 7) is 2.26. The number of ether oxygens (including phenoxy) is 1. The van der Waals surface area contributed by atoms with Gasteiger partial charge in [-0.05, 0) is 0 Å². The summed E-state index contributed by atoms with van der Waals surface area (Å²) in [4.78, 5) is 13.6. The third kappa shape index (κ3) is 1.62. The summed E-state index contributed by atoms with van der Waals surface area (Å²) >= 11 is 1.55. The van der Waals surface area contributed by atoms with E-state index in [2.05, 4.69) is 10.5 Å². The van der Waals surface area contributed by atoms with E-state index in [9.17, 15) is 4.79 Å². The molecule has 0 aliphatic carbocycles. The SMILES string of the molecule is CC1C(=O)NN=C2COc3ccc([AsH2])cc3N21. The summed E-state index contributed by atoms with van der Waals surface area (Å²) in [6, 6.07) is 5.76. The van der Waals surface area contributed by atoms with Crippen LogP contribution < -0.4 is 19.4 Å². The van der Waals surface area contributed by atoms with Crippen LogP contribution in [0, 0.1) is 0 Å². The van der Waals surface area contributed by atoms with Crippen molar-refractivity contribution in [1.29, 1.82) is 0 Å². The monoisotopic (exact) mass is 293 g/mol. The Balaban J connectivity index is 2.14. The van der Waals surface area contributed by atoms with Gasteiger partial charge in [-0.25, -0.2) is 0 Å². The molecule has 3 rings (SSSR count). The van der Waals surface area contributed by atoms with Crippen molar-refractivity contribution in [2.45, 2.75) is 13.0 Å². The van der Waals surface area contributed by atoms with E-state index in [1.165, 1.54) is 4.35 Å². The van der Waals surface area contributed by atoms with Crippen LogP contribution in [0.15, 0.2) is 23.3 Å². The standard InChI is InChI=1S/C11H12AsN3O2/c1-6-11(16)14-13-10-5-17-9-3-2-7(12)4-8(9)15(6)10/h2-4,6H,5,12H2,1H3,(H,14,16). The van der Waals surface area contributed by atoms with Crippen molar-refractivity contribution < 1.29 is 9.53 Å². The molecule has 2 atom stereocenters. The molecular weight excluding hydrogens is 281 g/mol. The Bertz CT molecular complexity index is 529. The fourth-order valence-corrected chi connectivity index (χ4v) is 2.58. The Morgan fingerprint density at radius 1 is 1.59 bits per heavy atom. The molecule has 1 aromatic carbocycles. The second-order valence-corrected chi connectivity index (χ2v) is 5.46. The summed E-state index contributed by atoms with van der Waals surface area (Å²) < 4.78 is 6.81. The van der Waals surface area contributed by atoms with E-state index in [4.69, 9.17) is 4.74 Å². The van der Waals surface area contributed by atoms with E-state index >= 15 is 0 Å². The molecule has 1 amide bonds. The quantitative estimate of drug-likeness (QED) is 0.623. The molecule has 2 aliphatic heterocycles. The predicted molar refractivity (Wildman–Crippen MR) is 67.6 cm³/mol. The molecule has 88 valence electrons. The minimum atomic E-state index is -0.251. The van der Waals surface area contributed by atoms with Gasteiger partial charge >= 0.3 is 107 Å². The zero-order valence-corrected chi connectivity index (χ0v) is 11.7. The Hall–Kier alpha value is -1.48. The number of fused-ring (bicyclic) bond motifs is 3. The molecule has 0 saturated heterocycles. The topological polar surface area (TPSA) is 53.9 Å². The van der Waals surface area contributed by atoms with Gasteiger partial charge in [-0.2, -0.15) is 0 Å². The fraction of sp³-hybridized carbons (Fsp3) is 0.273. The second kappa shape index (κ2) is 3.77. The zero-order valence-electron chi connectivity index (χ0n) is 9.30. The number of anilines is 1. The summed E-state index contributed by atoms with van der Waals surface area (Å²) in [5.74, 6) is 1.48. The number of carbonyl (C=O) groups excluding carboxylic acids is 1. The van der Waals surface area contributed by atoms with E-state index in [1.807, 2.05) is 30.0 Å². The third-order valence-corrected chi connectivity index (χ3v) is 3.69. The molecule has 17 heavy (non-hydrogen) atoms. The molecule has 5 nitrogen and oxygen atoms in total. The fourth-order valence-electron chi connectivity index (χ4n) is 2.04. The van der Waals surface area contributed by atoms with Gasteiger partial charge in [0.2, 0.25) is 0 Å². The maximum atomic E-state index is 11.6. The number of nitrogens with one attached hydrogen (secondary N) is 1. The van der Waals surface area contributed by atoms with Gasteiger partial charge < -0.3 is 0 Å². The maximum absolute atomic E-state index is 11.6. The van der Waals surface area contributed by atoms with Gasteiger partial charge in [-0.1, -0.05) is 0 Å². The van der Waals surface area contributed by atoms with Crippen molar-refractivity contribution in [2.24, 2.45) is 5.10 Å². The number of hydrazone groups is 1. The van der Waals surface area contributed by atoms with Crippen LogP contribution in [0.2, 0.25) is 0 Å². The minimum absolute atomic E-state index is 0.0892. The average molecular weight is 293 g/mol. The van der Waals surface area contributed by atoms with E-state index < -0.39 is 0 Å². The number of hydrogen-bond acceptors (Lipinski definition) is 4. The normalized spacial score (nSPS) is 22.0. The molecule has 2 unspecified atom stereocenters. The first-order valence-electron chi connectivity index (χ1n) is 5.35. The van der Waals surface area contributed by atoms with Crippen LogP contribution in [0.5, 0.6) is 5.75 Å². The van der Waals surface area contributed by atoms with E-state index in [-0.39, 0.29) is 11.9 Å². The van der Waals surface area contributed by atoms with Crippen molar-refractivity contribution in [3.8, 4) is 5.75 Å². The zero-order chi connectivity index (χ0) is 12.0. The first kappa shape index (κ1) is 10.7. The van der Waals surface area contributed by atoms with E-state index in [0.717, 1.165) is 17.3 Å². The molecule has 0 aromatic heterocycles. The predicted octanol–water partition coefficient (Wildman–Crippen LogP) is -1.02. The Labute approximate surface area is 107 Å². The molecule has 0 saturated carbocycles. The summed E-state index contributed by atoms with van der Waals surface area (Å²) in [6.07, 6.45) is 0. The summed E-state index contributed by atoms with van der Waals surface area (Å²) in [5.41, 5.74) is 3.44. The van der Waals surface area contributed by atoms with Gasteiger partial charge in [-0.15, -0.1) is 0 Å². The average Bonchev–Trinajstić information content (AvgIpc) is 2.33. The number of rotatable bonds is 0. The molecule has 0 fully saturated rings. The van der Waals surface area contributed by atoms with Crippen LogP contribution in [-0.4, -0.2) is 41.2 Å². The van der Waals surface area contributed by atoms with Crippen molar-refractivity contribution in [1.82, 2.24) is 5.43 Å². The molecular formula is C11H12AsN3O2. The number of nitrogens with zero attached hydrogens (tertiary/aromatic N) is 2.